The molecule has 0 fully saturated rings. The molecule has 0 aliphatic carbocycles. The van der Waals surface area contributed by atoms with Gasteiger partial charge in [0, 0.05) is 7.11 Å². The quantitative estimate of drug-likeness (QED) is 0.769. The molecular weight excluding hydrogens is 352 g/mol. The monoisotopic (exact) mass is 374 g/mol. The summed E-state index contributed by atoms with van der Waals surface area (Å²) in [6.45, 7) is 0. The minimum absolute atomic E-state index is 0.247. The first-order valence-electron chi connectivity index (χ1n) is 8.30. The molecule has 2 aromatic rings. The van der Waals surface area contributed by atoms with E-state index in [9.17, 15) is 4.79 Å². The molecule has 0 N–H and O–H groups in total. The molecular formula is C20H22O7. The normalized spacial score (nSPS) is 18.3. The Kier molecular flexibility index (Phi) is 5.41. The van der Waals surface area contributed by atoms with Crippen LogP contribution in [0.3, 0.4) is 0 Å². The lowest BCUT2D eigenvalue weighted by molar-refractivity contribution is -0.139. The van der Waals surface area contributed by atoms with E-state index in [0.29, 0.717) is 39.9 Å². The molecule has 3 rings (SSSR count). The van der Waals surface area contributed by atoms with Gasteiger partial charge in [-0.15, -0.1) is 0 Å². The summed E-state index contributed by atoms with van der Waals surface area (Å²) in [5, 5.41) is 0. The van der Waals surface area contributed by atoms with Crippen molar-refractivity contribution in [3.63, 3.8) is 0 Å². The van der Waals surface area contributed by atoms with Gasteiger partial charge >= 0.3 is 0 Å². The Morgan fingerprint density at radius 1 is 0.778 bits per heavy atom. The van der Waals surface area contributed by atoms with Gasteiger partial charge in [-0.25, -0.2) is 0 Å². The minimum Gasteiger partial charge on any atom is -0.492 e. The summed E-state index contributed by atoms with van der Waals surface area (Å²) in [4.78, 5) is 13.1. The predicted octanol–water partition coefficient (Wildman–Crippen LogP) is 3.11. The number of hydrogen-bond donors (Lipinski definition) is 0. The Labute approximate surface area is 157 Å². The largest absolute Gasteiger partial charge is 0.492 e. The van der Waals surface area contributed by atoms with Crippen molar-refractivity contribution in [1.82, 2.24) is 0 Å². The van der Waals surface area contributed by atoms with E-state index in [-0.39, 0.29) is 5.78 Å². The van der Waals surface area contributed by atoms with Crippen LogP contribution < -0.4 is 23.7 Å². The fraction of sp³-hybridized carbons (Fsp3) is 0.350. The van der Waals surface area contributed by atoms with Crippen LogP contribution in [0, 0.1) is 0 Å². The second-order valence-corrected chi connectivity index (χ2v) is 5.80. The fourth-order valence-electron chi connectivity index (χ4n) is 3.32. The third-order valence-corrected chi connectivity index (χ3v) is 4.48. The first-order chi connectivity index (χ1) is 13.1. The van der Waals surface area contributed by atoms with Crippen LogP contribution in [0.2, 0.25) is 0 Å². The number of ether oxygens (including phenoxy) is 6. The van der Waals surface area contributed by atoms with Crippen LogP contribution >= 0.6 is 0 Å². The topological polar surface area (TPSA) is 72.5 Å². The average molecular weight is 374 g/mol. The molecule has 1 heterocycles. The highest BCUT2D eigenvalue weighted by Crippen LogP contribution is 2.58. The van der Waals surface area contributed by atoms with Gasteiger partial charge in [0.05, 0.1) is 34.0 Å². The molecule has 0 amide bonds. The highest BCUT2D eigenvalue weighted by molar-refractivity contribution is 5.94. The number of carbonyl (C=O) groups is 1. The van der Waals surface area contributed by atoms with Crippen LogP contribution in [-0.2, 0) is 9.53 Å². The molecule has 7 heteroatoms. The molecule has 7 nitrogen and oxygen atoms in total. The van der Waals surface area contributed by atoms with Gasteiger partial charge < -0.3 is 28.4 Å². The fourth-order valence-corrected chi connectivity index (χ4v) is 3.32. The number of rotatable bonds is 6. The summed E-state index contributed by atoms with van der Waals surface area (Å²) < 4.78 is 33.6. The highest BCUT2D eigenvalue weighted by atomic mass is 16.6. The maximum atomic E-state index is 13.1. The maximum absolute atomic E-state index is 13.1. The van der Waals surface area contributed by atoms with Crippen molar-refractivity contribution in [2.45, 2.75) is 12.2 Å². The van der Waals surface area contributed by atoms with Gasteiger partial charge in [-0.1, -0.05) is 30.3 Å². The summed E-state index contributed by atoms with van der Waals surface area (Å²) in [5.41, 5.74) is 1.12. The molecule has 27 heavy (non-hydrogen) atoms. The molecule has 0 spiro atoms. The van der Waals surface area contributed by atoms with E-state index in [2.05, 4.69) is 0 Å². The number of ketones is 1. The first kappa shape index (κ1) is 18.8. The summed E-state index contributed by atoms with van der Waals surface area (Å²) in [7, 11) is 7.39. The van der Waals surface area contributed by atoms with Gasteiger partial charge in [0.2, 0.25) is 23.0 Å². The molecule has 1 aliphatic rings. The van der Waals surface area contributed by atoms with Crippen molar-refractivity contribution in [2.24, 2.45) is 0 Å². The van der Waals surface area contributed by atoms with Gasteiger partial charge in [0.25, 0.3) is 0 Å². The highest BCUT2D eigenvalue weighted by Gasteiger charge is 2.44. The van der Waals surface area contributed by atoms with E-state index in [1.54, 1.807) is 0 Å². The summed E-state index contributed by atoms with van der Waals surface area (Å²) in [6.07, 6.45) is -1.76. The van der Waals surface area contributed by atoms with Gasteiger partial charge in [0.15, 0.2) is 23.7 Å². The number of carbonyl (C=O) groups excluding carboxylic acids is 1. The Morgan fingerprint density at radius 3 is 1.85 bits per heavy atom. The zero-order valence-corrected chi connectivity index (χ0v) is 15.9. The molecule has 0 aromatic heterocycles. The van der Waals surface area contributed by atoms with Crippen LogP contribution in [0.1, 0.15) is 23.3 Å². The van der Waals surface area contributed by atoms with Gasteiger partial charge in [-0.3, -0.25) is 4.79 Å². The Hall–Kier alpha value is -2.93. The van der Waals surface area contributed by atoms with E-state index >= 15 is 0 Å². The van der Waals surface area contributed by atoms with Crippen LogP contribution in [0.4, 0.5) is 0 Å². The molecule has 2 aromatic carbocycles. The van der Waals surface area contributed by atoms with Crippen molar-refractivity contribution in [3.05, 3.63) is 41.5 Å². The Morgan fingerprint density at radius 2 is 1.33 bits per heavy atom. The zero-order chi connectivity index (χ0) is 19.6. The van der Waals surface area contributed by atoms with E-state index < -0.39 is 12.2 Å². The third-order valence-electron chi connectivity index (χ3n) is 4.48. The van der Waals surface area contributed by atoms with E-state index in [1.165, 1.54) is 35.5 Å². The van der Waals surface area contributed by atoms with Gasteiger partial charge in [0.1, 0.15) is 0 Å². The summed E-state index contributed by atoms with van der Waals surface area (Å²) >= 11 is 0. The number of Topliss-reactive ketones (excluding diaryl/α,β-unsaturated/α-hetero) is 1. The van der Waals surface area contributed by atoms with Gasteiger partial charge in [-0.05, 0) is 5.56 Å². The van der Waals surface area contributed by atoms with Crippen LogP contribution in [0.5, 0.6) is 28.7 Å². The lowest BCUT2D eigenvalue weighted by Gasteiger charge is -2.33. The summed E-state index contributed by atoms with van der Waals surface area (Å²) in [6, 6.07) is 9.21. The molecule has 2 atom stereocenters. The average Bonchev–Trinajstić information content (AvgIpc) is 2.72. The number of fused-ring (bicyclic) bond motifs is 1. The molecule has 1 aliphatic heterocycles. The van der Waals surface area contributed by atoms with E-state index in [1.807, 2.05) is 30.3 Å². The molecule has 0 saturated heterocycles. The Balaban J connectivity index is 2.30. The minimum atomic E-state index is -0.914. The van der Waals surface area contributed by atoms with Crippen molar-refractivity contribution in [2.75, 3.05) is 35.5 Å². The first-order valence-corrected chi connectivity index (χ1v) is 8.30. The molecule has 144 valence electrons. The van der Waals surface area contributed by atoms with E-state index in [4.69, 9.17) is 28.4 Å². The van der Waals surface area contributed by atoms with Crippen LogP contribution in [0.25, 0.3) is 0 Å². The number of methoxy groups -OCH3 is 5. The van der Waals surface area contributed by atoms with E-state index in [0.717, 1.165) is 0 Å². The molecule has 0 radical (unpaired) electrons. The van der Waals surface area contributed by atoms with Crippen LogP contribution in [-0.4, -0.2) is 41.3 Å². The number of hydrogen-bond acceptors (Lipinski definition) is 7. The standard InChI is InChI=1S/C20H22O7/c1-22-15-12-16(23-2)18(24-3)20(26-5)19(25-4)17(12)27-14(13(15)21)11-9-7-6-8-10-11/h6-10,14-15H,1-5H3. The van der Waals surface area contributed by atoms with Gasteiger partial charge in [-0.2, -0.15) is 0 Å². The molecule has 0 saturated carbocycles. The zero-order valence-electron chi connectivity index (χ0n) is 15.9. The second-order valence-electron chi connectivity index (χ2n) is 5.80. The Bertz CT molecular complexity index is 832. The van der Waals surface area contributed by atoms with Crippen molar-refractivity contribution >= 4 is 5.78 Å². The van der Waals surface area contributed by atoms with Crippen molar-refractivity contribution in [3.8, 4) is 28.7 Å². The van der Waals surface area contributed by atoms with Crippen LogP contribution in [0.15, 0.2) is 30.3 Å². The summed E-state index contributed by atoms with van der Waals surface area (Å²) in [5.74, 6) is 1.30. The van der Waals surface area contributed by atoms with Crippen molar-refractivity contribution in [1.29, 1.82) is 0 Å². The van der Waals surface area contributed by atoms with Crippen molar-refractivity contribution < 1.29 is 33.2 Å². The predicted molar refractivity (Wildman–Crippen MR) is 97.2 cm³/mol. The third kappa shape index (κ3) is 2.94. The SMILES string of the molecule is COc1c(OC)c(OC)c2c(c1OC)OC(c1ccccc1)C(=O)C2OC. The number of benzene rings is 2. The maximum Gasteiger partial charge on any atom is 0.211 e. The lowest BCUT2D eigenvalue weighted by atomic mass is 9.92. The lowest BCUT2D eigenvalue weighted by Crippen LogP contribution is -2.32. The smallest absolute Gasteiger partial charge is 0.211 e. The molecule has 2 unspecified atom stereocenters. The second kappa shape index (κ2) is 7.75. The molecule has 0 bridgehead atoms.